The van der Waals surface area contributed by atoms with Crippen molar-refractivity contribution in [2.75, 3.05) is 0 Å². The largest absolute Gasteiger partial charge is 0.257 e. The molecule has 1 aromatic carbocycles. The maximum Gasteiger partial charge on any atom is 0.0629 e. The molecule has 2 aromatic rings. The average Bonchev–Trinajstić information content (AvgIpc) is 2.29. The smallest absolute Gasteiger partial charge is 0.0629 e. The van der Waals surface area contributed by atoms with Gasteiger partial charge in [-0.2, -0.15) is 0 Å². The van der Waals surface area contributed by atoms with Crippen molar-refractivity contribution in [1.82, 2.24) is 4.98 Å². The standard InChI is InChI=1S/C13H10N/c1-2-6-12(7-3-1)9-10-13-8-4-5-11-14-13/h1-6,8-11H. The Morgan fingerprint density at radius 3 is 2.64 bits per heavy atom. The first-order valence-electron chi connectivity index (χ1n) is 4.51. The van der Waals surface area contributed by atoms with E-state index in [4.69, 9.17) is 0 Å². The summed E-state index contributed by atoms with van der Waals surface area (Å²) in [6, 6.07) is 16.8. The van der Waals surface area contributed by atoms with Gasteiger partial charge in [-0.25, -0.2) is 0 Å². The third kappa shape index (κ3) is 2.30. The van der Waals surface area contributed by atoms with E-state index in [0.717, 1.165) is 11.3 Å². The number of aromatic nitrogens is 1. The lowest BCUT2D eigenvalue weighted by Crippen LogP contribution is -1.76. The van der Waals surface area contributed by atoms with E-state index in [1.165, 1.54) is 0 Å². The molecule has 0 spiro atoms. The number of hydrogen-bond acceptors (Lipinski definition) is 1. The Kier molecular flexibility index (Phi) is 2.72. The second-order valence-corrected chi connectivity index (χ2v) is 2.91. The Morgan fingerprint density at radius 1 is 1.00 bits per heavy atom. The number of pyridine rings is 1. The summed E-state index contributed by atoms with van der Waals surface area (Å²) in [4.78, 5) is 4.19. The Morgan fingerprint density at radius 2 is 1.93 bits per heavy atom. The Labute approximate surface area is 83.7 Å². The van der Waals surface area contributed by atoms with E-state index in [1.54, 1.807) is 6.20 Å². The minimum Gasteiger partial charge on any atom is -0.257 e. The molecule has 0 aliphatic carbocycles. The molecule has 0 N–H and O–H groups in total. The highest BCUT2D eigenvalue weighted by atomic mass is 14.6. The lowest BCUT2D eigenvalue weighted by Gasteiger charge is -1.91. The van der Waals surface area contributed by atoms with Crippen LogP contribution in [-0.2, 0) is 0 Å². The maximum absolute atomic E-state index is 4.19. The number of nitrogens with zero attached hydrogens (tertiary/aromatic N) is 1. The average molecular weight is 180 g/mol. The van der Waals surface area contributed by atoms with Gasteiger partial charge in [0.25, 0.3) is 0 Å². The Bertz CT molecular complexity index is 362. The van der Waals surface area contributed by atoms with Gasteiger partial charge in [-0.05, 0) is 29.8 Å². The van der Waals surface area contributed by atoms with Crippen molar-refractivity contribution < 1.29 is 0 Å². The van der Waals surface area contributed by atoms with E-state index >= 15 is 0 Å². The van der Waals surface area contributed by atoms with Crippen molar-refractivity contribution in [2.24, 2.45) is 0 Å². The van der Waals surface area contributed by atoms with Gasteiger partial charge < -0.3 is 0 Å². The van der Waals surface area contributed by atoms with Crippen LogP contribution >= 0.6 is 0 Å². The van der Waals surface area contributed by atoms with E-state index in [-0.39, 0.29) is 0 Å². The fourth-order valence-electron chi connectivity index (χ4n) is 1.16. The predicted octanol–water partition coefficient (Wildman–Crippen LogP) is 3.05. The monoisotopic (exact) mass is 180 g/mol. The molecule has 1 heterocycles. The van der Waals surface area contributed by atoms with Gasteiger partial charge in [-0.1, -0.05) is 36.4 Å². The van der Waals surface area contributed by atoms with Gasteiger partial charge in [0.2, 0.25) is 0 Å². The topological polar surface area (TPSA) is 12.9 Å². The van der Waals surface area contributed by atoms with Crippen LogP contribution < -0.4 is 0 Å². The van der Waals surface area contributed by atoms with Crippen LogP contribution in [0.4, 0.5) is 0 Å². The summed E-state index contributed by atoms with van der Waals surface area (Å²) in [6.45, 7) is 0. The molecule has 2 rings (SSSR count). The lowest BCUT2D eigenvalue weighted by atomic mass is 10.2. The number of benzene rings is 1. The molecule has 14 heavy (non-hydrogen) atoms. The lowest BCUT2D eigenvalue weighted by molar-refractivity contribution is 1.30. The van der Waals surface area contributed by atoms with Crippen LogP contribution in [-0.4, -0.2) is 4.98 Å². The van der Waals surface area contributed by atoms with Crippen molar-refractivity contribution in [3.05, 3.63) is 66.0 Å². The highest BCUT2D eigenvalue weighted by Gasteiger charge is 1.85. The Hall–Kier alpha value is -1.89. The number of rotatable bonds is 2. The first-order valence-corrected chi connectivity index (χ1v) is 4.51. The second kappa shape index (κ2) is 4.38. The minimum absolute atomic E-state index is 0.963. The van der Waals surface area contributed by atoms with Gasteiger partial charge in [0.1, 0.15) is 0 Å². The van der Waals surface area contributed by atoms with E-state index in [1.807, 2.05) is 54.6 Å². The van der Waals surface area contributed by atoms with Crippen molar-refractivity contribution in [1.29, 1.82) is 0 Å². The molecule has 1 aromatic heterocycles. The quantitative estimate of drug-likeness (QED) is 0.692. The summed E-state index contributed by atoms with van der Waals surface area (Å²) in [5.41, 5.74) is 2.03. The van der Waals surface area contributed by atoms with Crippen LogP contribution in [0.1, 0.15) is 11.3 Å². The highest BCUT2D eigenvalue weighted by Crippen LogP contribution is 2.04. The maximum atomic E-state index is 4.19. The predicted molar refractivity (Wildman–Crippen MR) is 58.4 cm³/mol. The van der Waals surface area contributed by atoms with Crippen molar-refractivity contribution in [3.63, 3.8) is 0 Å². The van der Waals surface area contributed by atoms with Crippen LogP contribution in [0.2, 0.25) is 0 Å². The summed E-state index contributed by atoms with van der Waals surface area (Å²) in [6.07, 6.45) is 5.77. The van der Waals surface area contributed by atoms with Gasteiger partial charge in [-0.3, -0.25) is 4.98 Å². The summed E-state index contributed by atoms with van der Waals surface area (Å²) < 4.78 is 0. The van der Waals surface area contributed by atoms with Crippen LogP contribution in [0.15, 0.2) is 48.7 Å². The highest BCUT2D eigenvalue weighted by molar-refractivity contribution is 5.67. The van der Waals surface area contributed by atoms with E-state index in [0.29, 0.717) is 0 Å². The van der Waals surface area contributed by atoms with Gasteiger partial charge >= 0.3 is 0 Å². The first-order chi connectivity index (χ1) is 6.95. The third-order valence-electron chi connectivity index (χ3n) is 1.85. The van der Waals surface area contributed by atoms with Crippen LogP contribution in [0, 0.1) is 6.07 Å². The second-order valence-electron chi connectivity index (χ2n) is 2.91. The molecule has 0 aliphatic rings. The fourth-order valence-corrected chi connectivity index (χ4v) is 1.16. The van der Waals surface area contributed by atoms with Crippen LogP contribution in [0.25, 0.3) is 12.2 Å². The molecule has 0 unspecified atom stereocenters. The molecule has 0 bridgehead atoms. The summed E-state index contributed by atoms with van der Waals surface area (Å²) in [5.74, 6) is 0. The molecule has 0 aliphatic heterocycles. The molecule has 67 valence electrons. The first kappa shape index (κ1) is 8.70. The van der Waals surface area contributed by atoms with Crippen molar-refractivity contribution >= 4 is 12.2 Å². The van der Waals surface area contributed by atoms with Crippen LogP contribution in [0.5, 0.6) is 0 Å². The van der Waals surface area contributed by atoms with Gasteiger partial charge in [0.05, 0.1) is 5.69 Å². The normalized spacial score (nSPS) is 10.6. The zero-order chi connectivity index (χ0) is 9.64. The molecule has 0 fully saturated rings. The van der Waals surface area contributed by atoms with E-state index < -0.39 is 0 Å². The SMILES string of the molecule is [c]1ccccc1C=Cc1ccccn1. The number of hydrogen-bond donors (Lipinski definition) is 0. The zero-order valence-corrected chi connectivity index (χ0v) is 7.72. The van der Waals surface area contributed by atoms with Gasteiger partial charge in [0, 0.05) is 6.20 Å². The molecule has 1 radical (unpaired) electrons. The Balaban J connectivity index is 2.16. The summed E-state index contributed by atoms with van der Waals surface area (Å²) in [7, 11) is 0. The molecule has 0 saturated carbocycles. The molecule has 1 heteroatoms. The summed E-state index contributed by atoms with van der Waals surface area (Å²) >= 11 is 0. The fraction of sp³-hybridized carbons (Fsp3) is 0. The summed E-state index contributed by atoms with van der Waals surface area (Å²) in [5, 5.41) is 0. The van der Waals surface area contributed by atoms with Crippen molar-refractivity contribution in [2.45, 2.75) is 0 Å². The third-order valence-corrected chi connectivity index (χ3v) is 1.85. The molecule has 1 nitrogen and oxygen atoms in total. The molecule has 0 atom stereocenters. The molecule has 0 amide bonds. The van der Waals surface area contributed by atoms with Crippen LogP contribution in [0.3, 0.4) is 0 Å². The zero-order valence-electron chi connectivity index (χ0n) is 7.72. The van der Waals surface area contributed by atoms with Gasteiger partial charge in [-0.15, -0.1) is 0 Å². The molecule has 0 saturated heterocycles. The molecular formula is C13H10N. The van der Waals surface area contributed by atoms with E-state index in [2.05, 4.69) is 11.1 Å². The van der Waals surface area contributed by atoms with Gasteiger partial charge in [0.15, 0.2) is 0 Å². The molecular weight excluding hydrogens is 170 g/mol. The van der Waals surface area contributed by atoms with E-state index in [9.17, 15) is 0 Å². The minimum atomic E-state index is 0.963. The van der Waals surface area contributed by atoms with Crippen molar-refractivity contribution in [3.8, 4) is 0 Å².